The molecule has 34 heavy (non-hydrogen) atoms. The molecular weight excluding hydrogens is 494 g/mol. The zero-order valence-corrected chi connectivity index (χ0v) is 20.4. The Kier molecular flexibility index (Phi) is 7.44. The van der Waals surface area contributed by atoms with Crippen LogP contribution in [0.15, 0.2) is 88.4 Å². The molecule has 7 heteroatoms. The van der Waals surface area contributed by atoms with Gasteiger partial charge in [-0.05, 0) is 70.8 Å². The minimum atomic E-state index is -0.431. The lowest BCUT2D eigenvalue weighted by Gasteiger charge is -2.12. The largest absolute Gasteiger partial charge is 0.493 e. The fourth-order valence-corrected chi connectivity index (χ4v) is 3.75. The summed E-state index contributed by atoms with van der Waals surface area (Å²) in [6.45, 7) is 2.37. The van der Waals surface area contributed by atoms with Crippen LogP contribution in [0.4, 0.5) is 10.5 Å². The quantitative estimate of drug-likeness (QED) is 0.213. The zero-order valence-electron chi connectivity index (χ0n) is 18.8. The van der Waals surface area contributed by atoms with E-state index in [4.69, 9.17) is 9.47 Å². The van der Waals surface area contributed by atoms with Crippen molar-refractivity contribution >= 4 is 44.6 Å². The van der Waals surface area contributed by atoms with E-state index in [-0.39, 0.29) is 0 Å². The second-order valence-corrected chi connectivity index (χ2v) is 8.48. The molecule has 4 aromatic rings. The molecule has 2 amide bonds. The Balaban J connectivity index is 1.38. The second kappa shape index (κ2) is 10.9. The molecule has 6 nitrogen and oxygen atoms in total. The minimum Gasteiger partial charge on any atom is -0.493 e. The molecule has 0 aliphatic carbocycles. The Morgan fingerprint density at radius 2 is 1.82 bits per heavy atom. The Morgan fingerprint density at radius 3 is 2.65 bits per heavy atom. The van der Waals surface area contributed by atoms with Gasteiger partial charge in [0.05, 0.1) is 13.3 Å². The average Bonchev–Trinajstić information content (AvgIpc) is 2.85. The molecule has 0 aromatic heterocycles. The van der Waals surface area contributed by atoms with Gasteiger partial charge in [-0.1, -0.05) is 58.4 Å². The first-order valence-electron chi connectivity index (χ1n) is 10.7. The molecule has 2 N–H and O–H groups in total. The van der Waals surface area contributed by atoms with E-state index >= 15 is 0 Å². The molecule has 0 radical (unpaired) electrons. The first-order chi connectivity index (χ1) is 16.5. The average molecular weight is 518 g/mol. The highest BCUT2D eigenvalue weighted by Crippen LogP contribution is 2.29. The number of halogens is 1. The summed E-state index contributed by atoms with van der Waals surface area (Å²) in [6.07, 6.45) is 1.55. The number of benzene rings is 4. The number of methoxy groups -OCH3 is 1. The molecule has 0 bridgehead atoms. The number of nitrogens with zero attached hydrogens (tertiary/aromatic N) is 1. The number of hydrogen-bond donors (Lipinski definition) is 2. The number of hydrazone groups is 1. The number of rotatable bonds is 7. The van der Waals surface area contributed by atoms with Crippen LogP contribution < -0.4 is 20.2 Å². The van der Waals surface area contributed by atoms with Crippen LogP contribution in [0.3, 0.4) is 0 Å². The standard InChI is InChI=1S/C27H24BrN3O3/c1-18-14-22(11-12-24(18)28)30-27(32)31-29-16-19-10-13-25(26(15-19)33-2)34-17-21-8-5-7-20-6-3-4-9-23(20)21/h3-16H,17H2,1-2H3,(H2,30,31,32)/b29-16+. The van der Waals surface area contributed by atoms with Crippen LogP contribution in [0.25, 0.3) is 10.8 Å². The van der Waals surface area contributed by atoms with E-state index in [9.17, 15) is 4.79 Å². The van der Waals surface area contributed by atoms with Crippen LogP contribution in [0, 0.1) is 6.92 Å². The third-order valence-corrected chi connectivity index (χ3v) is 6.14. The summed E-state index contributed by atoms with van der Waals surface area (Å²) in [5.41, 5.74) is 6.03. The molecular formula is C27H24BrN3O3. The smallest absolute Gasteiger partial charge is 0.339 e. The number of amides is 2. The van der Waals surface area contributed by atoms with Gasteiger partial charge in [-0.15, -0.1) is 0 Å². The van der Waals surface area contributed by atoms with Gasteiger partial charge >= 0.3 is 6.03 Å². The summed E-state index contributed by atoms with van der Waals surface area (Å²) >= 11 is 3.44. The van der Waals surface area contributed by atoms with Crippen molar-refractivity contribution in [2.75, 3.05) is 12.4 Å². The van der Waals surface area contributed by atoms with Gasteiger partial charge in [-0.2, -0.15) is 5.10 Å². The zero-order chi connectivity index (χ0) is 23.9. The summed E-state index contributed by atoms with van der Waals surface area (Å²) in [5, 5.41) is 9.10. The SMILES string of the molecule is COc1cc(/C=N/NC(=O)Nc2ccc(Br)c(C)c2)ccc1OCc1cccc2ccccc12. The van der Waals surface area contributed by atoms with Gasteiger partial charge in [0.2, 0.25) is 0 Å². The van der Waals surface area contributed by atoms with Gasteiger partial charge in [0, 0.05) is 10.2 Å². The monoisotopic (exact) mass is 517 g/mol. The molecule has 0 unspecified atom stereocenters. The fraction of sp³-hybridized carbons (Fsp3) is 0.111. The van der Waals surface area contributed by atoms with Crippen LogP contribution >= 0.6 is 15.9 Å². The van der Waals surface area contributed by atoms with E-state index in [1.807, 2.05) is 55.5 Å². The maximum absolute atomic E-state index is 12.1. The Morgan fingerprint density at radius 1 is 1.00 bits per heavy atom. The van der Waals surface area contributed by atoms with Crippen molar-refractivity contribution < 1.29 is 14.3 Å². The van der Waals surface area contributed by atoms with E-state index in [1.54, 1.807) is 19.4 Å². The van der Waals surface area contributed by atoms with E-state index in [2.05, 4.69) is 56.0 Å². The number of anilines is 1. The normalized spacial score (nSPS) is 10.9. The minimum absolute atomic E-state index is 0.419. The molecule has 0 spiro atoms. The number of aryl methyl sites for hydroxylation is 1. The summed E-state index contributed by atoms with van der Waals surface area (Å²) < 4.78 is 12.5. The van der Waals surface area contributed by atoms with Crippen LogP contribution in [0.2, 0.25) is 0 Å². The highest BCUT2D eigenvalue weighted by atomic mass is 79.9. The van der Waals surface area contributed by atoms with Crippen molar-refractivity contribution in [3.63, 3.8) is 0 Å². The lowest BCUT2D eigenvalue weighted by molar-refractivity contribution is 0.252. The maximum Gasteiger partial charge on any atom is 0.339 e. The van der Waals surface area contributed by atoms with Crippen molar-refractivity contribution in [2.24, 2.45) is 5.10 Å². The van der Waals surface area contributed by atoms with Crippen molar-refractivity contribution in [1.29, 1.82) is 0 Å². The van der Waals surface area contributed by atoms with Crippen LogP contribution in [-0.2, 0) is 6.61 Å². The molecule has 0 aliphatic heterocycles. The number of nitrogens with one attached hydrogen (secondary N) is 2. The van der Waals surface area contributed by atoms with Gasteiger partial charge in [0.1, 0.15) is 6.61 Å². The van der Waals surface area contributed by atoms with Crippen molar-refractivity contribution in [2.45, 2.75) is 13.5 Å². The molecule has 4 aromatic carbocycles. The van der Waals surface area contributed by atoms with Gasteiger partial charge in [-0.25, -0.2) is 10.2 Å². The number of urea groups is 1. The van der Waals surface area contributed by atoms with Crippen LogP contribution in [-0.4, -0.2) is 19.4 Å². The molecule has 4 rings (SSSR count). The molecule has 172 valence electrons. The molecule has 0 aliphatic rings. The lowest BCUT2D eigenvalue weighted by atomic mass is 10.1. The van der Waals surface area contributed by atoms with Crippen molar-refractivity contribution in [3.05, 3.63) is 100 Å². The summed E-state index contributed by atoms with van der Waals surface area (Å²) in [4.78, 5) is 12.1. The van der Waals surface area contributed by atoms with Crippen molar-refractivity contribution in [1.82, 2.24) is 5.43 Å². The van der Waals surface area contributed by atoms with E-state index in [0.717, 1.165) is 26.5 Å². The van der Waals surface area contributed by atoms with E-state index in [1.165, 1.54) is 5.39 Å². The third kappa shape index (κ3) is 5.74. The molecule has 0 saturated carbocycles. The molecule has 0 atom stereocenters. The van der Waals surface area contributed by atoms with Gasteiger partial charge < -0.3 is 14.8 Å². The predicted molar refractivity (Wildman–Crippen MR) is 140 cm³/mol. The summed E-state index contributed by atoms with van der Waals surface area (Å²) in [6, 6.07) is 25.0. The summed E-state index contributed by atoms with van der Waals surface area (Å²) in [7, 11) is 1.59. The predicted octanol–water partition coefficient (Wildman–Crippen LogP) is 6.65. The first-order valence-corrected chi connectivity index (χ1v) is 11.5. The fourth-order valence-electron chi connectivity index (χ4n) is 3.50. The highest BCUT2D eigenvalue weighted by molar-refractivity contribution is 9.10. The maximum atomic E-state index is 12.1. The Hall–Kier alpha value is -3.84. The van der Waals surface area contributed by atoms with E-state index < -0.39 is 6.03 Å². The first kappa shape index (κ1) is 23.3. The number of carbonyl (C=O) groups is 1. The number of ether oxygens (including phenoxy) is 2. The summed E-state index contributed by atoms with van der Waals surface area (Å²) in [5.74, 6) is 1.21. The number of fused-ring (bicyclic) bond motifs is 1. The Bertz CT molecular complexity index is 1350. The number of carbonyl (C=O) groups excluding carboxylic acids is 1. The molecule has 0 heterocycles. The lowest BCUT2D eigenvalue weighted by Crippen LogP contribution is -2.24. The van der Waals surface area contributed by atoms with Crippen molar-refractivity contribution in [3.8, 4) is 11.5 Å². The second-order valence-electron chi connectivity index (χ2n) is 7.63. The van der Waals surface area contributed by atoms with Crippen LogP contribution in [0.1, 0.15) is 16.7 Å². The number of hydrogen-bond acceptors (Lipinski definition) is 4. The highest BCUT2D eigenvalue weighted by Gasteiger charge is 2.08. The third-order valence-electron chi connectivity index (χ3n) is 5.25. The topological polar surface area (TPSA) is 72.0 Å². The van der Waals surface area contributed by atoms with Gasteiger partial charge in [-0.3, -0.25) is 0 Å². The van der Waals surface area contributed by atoms with E-state index in [0.29, 0.717) is 23.8 Å². The molecule has 0 fully saturated rings. The Labute approximate surface area is 206 Å². The van der Waals surface area contributed by atoms with Gasteiger partial charge in [0.25, 0.3) is 0 Å². The van der Waals surface area contributed by atoms with Gasteiger partial charge in [0.15, 0.2) is 11.5 Å². The molecule has 0 saturated heterocycles. The van der Waals surface area contributed by atoms with Crippen LogP contribution in [0.5, 0.6) is 11.5 Å².